The predicted molar refractivity (Wildman–Crippen MR) is 128 cm³/mol. The molecule has 3 heteroatoms. The fourth-order valence-electron chi connectivity index (χ4n) is 2.37. The Morgan fingerprint density at radius 2 is 1.85 bits per heavy atom. The van der Waals surface area contributed by atoms with Gasteiger partial charge in [0.2, 0.25) is 0 Å². The zero-order chi connectivity index (χ0) is 20.5. The van der Waals surface area contributed by atoms with Gasteiger partial charge in [-0.25, -0.2) is 0 Å². The second-order valence-electron chi connectivity index (χ2n) is 6.06. The van der Waals surface area contributed by atoms with Crippen LogP contribution in [-0.2, 0) is 6.42 Å². The molecule has 1 rings (SSSR count). The van der Waals surface area contributed by atoms with Gasteiger partial charge in [-0.3, -0.25) is 4.99 Å². The summed E-state index contributed by atoms with van der Waals surface area (Å²) in [5.74, 6) is 1.11. The largest absolute Gasteiger partial charge is 0.297 e. The van der Waals surface area contributed by atoms with Gasteiger partial charge in [0, 0.05) is 23.2 Å². The van der Waals surface area contributed by atoms with E-state index in [4.69, 9.17) is 11.6 Å². The summed E-state index contributed by atoms with van der Waals surface area (Å²) in [4.78, 5) is 5.32. The van der Waals surface area contributed by atoms with Crippen LogP contribution in [0.5, 0.6) is 0 Å². The molecule has 27 heavy (non-hydrogen) atoms. The molecule has 0 fully saturated rings. The molecule has 0 spiro atoms. The first kappa shape index (κ1) is 25.5. The van der Waals surface area contributed by atoms with Gasteiger partial charge in [0.15, 0.2) is 0 Å². The predicted octanol–water partition coefficient (Wildman–Crippen LogP) is 8.03. The van der Waals surface area contributed by atoms with E-state index in [0.717, 1.165) is 36.5 Å². The maximum absolute atomic E-state index is 6.17. The van der Waals surface area contributed by atoms with Crippen molar-refractivity contribution in [3.8, 4) is 0 Å². The van der Waals surface area contributed by atoms with Gasteiger partial charge in [0.1, 0.15) is 0 Å². The lowest BCUT2D eigenvalue weighted by atomic mass is 10.1. The van der Waals surface area contributed by atoms with Crippen molar-refractivity contribution in [1.82, 2.24) is 0 Å². The SMILES string of the molecule is C=C.CC/C=C\C(CCCSc1ccc(C/C(C)=C/C=NC)cc1)=C(/C)Cl. The Morgan fingerprint density at radius 1 is 1.19 bits per heavy atom. The molecule has 0 heterocycles. The van der Waals surface area contributed by atoms with Crippen molar-refractivity contribution in [3.05, 3.63) is 77.4 Å². The van der Waals surface area contributed by atoms with Crippen molar-refractivity contribution in [1.29, 1.82) is 0 Å². The highest BCUT2D eigenvalue weighted by Crippen LogP contribution is 2.23. The number of hydrogen-bond donors (Lipinski definition) is 0. The average molecular weight is 404 g/mol. The number of aliphatic imine (C=N–C) groups is 1. The first-order valence-corrected chi connectivity index (χ1v) is 10.7. The summed E-state index contributed by atoms with van der Waals surface area (Å²) in [5.41, 5.74) is 3.93. The molecule has 0 radical (unpaired) electrons. The Bertz CT molecular complexity index is 635. The highest BCUT2D eigenvalue weighted by Gasteiger charge is 2.00. The van der Waals surface area contributed by atoms with E-state index in [1.165, 1.54) is 21.6 Å². The van der Waals surface area contributed by atoms with Crippen molar-refractivity contribution in [2.45, 2.75) is 51.3 Å². The molecule has 1 aromatic carbocycles. The molecule has 0 aliphatic rings. The molecule has 148 valence electrons. The molecule has 0 saturated carbocycles. The molecule has 0 atom stereocenters. The summed E-state index contributed by atoms with van der Waals surface area (Å²) in [6, 6.07) is 8.89. The zero-order valence-electron chi connectivity index (χ0n) is 17.3. The van der Waals surface area contributed by atoms with Crippen LogP contribution in [0.4, 0.5) is 0 Å². The van der Waals surface area contributed by atoms with E-state index in [9.17, 15) is 0 Å². The Kier molecular flexibility index (Phi) is 15.7. The van der Waals surface area contributed by atoms with Crippen molar-refractivity contribution in [2.75, 3.05) is 12.8 Å². The Morgan fingerprint density at radius 3 is 2.41 bits per heavy atom. The van der Waals surface area contributed by atoms with Gasteiger partial charge in [-0.1, -0.05) is 48.4 Å². The van der Waals surface area contributed by atoms with E-state index >= 15 is 0 Å². The molecule has 0 bridgehead atoms. The normalized spacial score (nSPS) is 12.9. The second kappa shape index (κ2) is 16.6. The smallest absolute Gasteiger partial charge is 0.0277 e. The average Bonchev–Trinajstić information content (AvgIpc) is 2.68. The van der Waals surface area contributed by atoms with E-state index in [-0.39, 0.29) is 0 Å². The minimum atomic E-state index is 0.913. The molecular formula is C24H34ClNS. The van der Waals surface area contributed by atoms with Gasteiger partial charge in [0.25, 0.3) is 0 Å². The van der Waals surface area contributed by atoms with E-state index in [1.54, 1.807) is 7.05 Å². The summed E-state index contributed by atoms with van der Waals surface area (Å²) in [6.07, 6.45) is 12.5. The van der Waals surface area contributed by atoms with Gasteiger partial charge in [-0.15, -0.1) is 24.9 Å². The summed E-state index contributed by atoms with van der Waals surface area (Å²) in [7, 11) is 1.79. The quantitative estimate of drug-likeness (QED) is 0.126. The topological polar surface area (TPSA) is 12.4 Å². The zero-order valence-corrected chi connectivity index (χ0v) is 18.9. The molecule has 0 amide bonds. The number of halogens is 1. The van der Waals surface area contributed by atoms with Gasteiger partial charge in [0.05, 0.1) is 0 Å². The van der Waals surface area contributed by atoms with E-state index < -0.39 is 0 Å². The summed E-state index contributed by atoms with van der Waals surface area (Å²) >= 11 is 8.09. The van der Waals surface area contributed by atoms with E-state index in [1.807, 2.05) is 24.9 Å². The summed E-state index contributed by atoms with van der Waals surface area (Å²) in [5, 5.41) is 0.913. The molecule has 0 N–H and O–H groups in total. The fourth-order valence-corrected chi connectivity index (χ4v) is 3.38. The van der Waals surface area contributed by atoms with Crippen LogP contribution >= 0.6 is 23.4 Å². The van der Waals surface area contributed by atoms with Crippen LogP contribution in [0.15, 0.2) is 81.7 Å². The fraction of sp³-hybridized carbons (Fsp3) is 0.375. The Labute approximate surface area is 176 Å². The number of hydrogen-bond acceptors (Lipinski definition) is 2. The van der Waals surface area contributed by atoms with Crippen LogP contribution in [-0.4, -0.2) is 19.0 Å². The van der Waals surface area contributed by atoms with Crippen LogP contribution in [0.2, 0.25) is 0 Å². The first-order valence-electron chi connectivity index (χ1n) is 9.38. The second-order valence-corrected chi connectivity index (χ2v) is 7.80. The molecule has 0 aliphatic carbocycles. The molecule has 0 unspecified atom stereocenters. The number of thioether (sulfide) groups is 1. The minimum Gasteiger partial charge on any atom is -0.297 e. The van der Waals surface area contributed by atoms with Crippen LogP contribution in [0.25, 0.3) is 0 Å². The van der Waals surface area contributed by atoms with Crippen molar-refractivity contribution < 1.29 is 0 Å². The lowest BCUT2D eigenvalue weighted by Gasteiger charge is -2.06. The Balaban J connectivity index is 0.00000326. The number of rotatable bonds is 10. The van der Waals surface area contributed by atoms with Crippen LogP contribution in [0.1, 0.15) is 45.6 Å². The summed E-state index contributed by atoms with van der Waals surface area (Å²) in [6.45, 7) is 12.3. The van der Waals surface area contributed by atoms with E-state index in [0.29, 0.717) is 0 Å². The van der Waals surface area contributed by atoms with Crippen LogP contribution in [0.3, 0.4) is 0 Å². The van der Waals surface area contributed by atoms with Gasteiger partial charge < -0.3 is 0 Å². The lowest BCUT2D eigenvalue weighted by molar-refractivity contribution is 0.930. The monoisotopic (exact) mass is 403 g/mol. The van der Waals surface area contributed by atoms with Crippen molar-refractivity contribution in [2.24, 2.45) is 4.99 Å². The third kappa shape index (κ3) is 12.5. The Hall–Kier alpha value is -1.51. The minimum absolute atomic E-state index is 0.913. The number of nitrogens with zero attached hydrogens (tertiary/aromatic N) is 1. The van der Waals surface area contributed by atoms with Crippen molar-refractivity contribution >= 4 is 29.6 Å². The third-order valence-electron chi connectivity index (χ3n) is 3.77. The molecular weight excluding hydrogens is 370 g/mol. The standard InChI is InChI=1S/C22H30ClNS.C2H4/c1-5-6-8-21(19(3)23)9-7-16-25-22-12-10-20(11-13-22)17-18(2)14-15-24-4;1-2/h6,8,10-15H,5,7,9,16-17H2,1-4H3;1-2H2/b8-6-,18-14+,21-19-,24-15?;. The van der Waals surface area contributed by atoms with Crippen LogP contribution in [0, 0.1) is 0 Å². The highest BCUT2D eigenvalue weighted by molar-refractivity contribution is 7.99. The molecule has 1 nitrogen and oxygen atoms in total. The van der Waals surface area contributed by atoms with E-state index in [2.05, 4.69) is 74.5 Å². The molecule has 0 aromatic heterocycles. The summed E-state index contributed by atoms with van der Waals surface area (Å²) < 4.78 is 0. The third-order valence-corrected chi connectivity index (χ3v) is 5.11. The molecule has 0 saturated heterocycles. The molecule has 0 aliphatic heterocycles. The van der Waals surface area contributed by atoms with Crippen molar-refractivity contribution in [3.63, 3.8) is 0 Å². The van der Waals surface area contributed by atoms with Gasteiger partial charge >= 0.3 is 0 Å². The maximum atomic E-state index is 6.17. The highest BCUT2D eigenvalue weighted by atomic mass is 35.5. The van der Waals surface area contributed by atoms with Gasteiger partial charge in [-0.2, -0.15) is 0 Å². The number of allylic oxidation sites excluding steroid dienone is 6. The number of benzene rings is 1. The molecule has 1 aromatic rings. The lowest BCUT2D eigenvalue weighted by Crippen LogP contribution is -1.88. The van der Waals surface area contributed by atoms with Gasteiger partial charge in [-0.05, 0) is 74.6 Å². The first-order chi connectivity index (χ1) is 13.1. The maximum Gasteiger partial charge on any atom is 0.0277 e. The van der Waals surface area contributed by atoms with Crippen LogP contribution < -0.4 is 0 Å².